The molecule has 0 aliphatic rings. The molecule has 2 heterocycles. The third-order valence-corrected chi connectivity index (χ3v) is 21.6. The second kappa shape index (κ2) is 49.2. The van der Waals surface area contributed by atoms with Crippen LogP contribution < -0.4 is 26.6 Å². The first kappa shape index (κ1) is 102. The van der Waals surface area contributed by atoms with Crippen molar-refractivity contribution in [3.8, 4) is 22.5 Å². The zero-order valence-electron chi connectivity index (χ0n) is 73.3. The Balaban J connectivity index is 0.000000431. The molecule has 9 atom stereocenters. The van der Waals surface area contributed by atoms with Crippen molar-refractivity contribution in [1.82, 2.24) is 55.5 Å². The number of aliphatic hydroxyl groups excluding tert-OH is 2. The minimum atomic E-state index is -1.32. The third-order valence-electron chi connectivity index (χ3n) is 21.6. The van der Waals surface area contributed by atoms with Gasteiger partial charge in [-0.2, -0.15) is 0 Å². The number of Topliss-reactive ketones (excluding diaryl/α,β-unsaturated/α-hetero) is 5. The molecule has 5 amide bonds. The number of benzene rings is 4. The van der Waals surface area contributed by atoms with Gasteiger partial charge in [0.2, 0.25) is 29.5 Å². The number of hydrogen-bond acceptors (Lipinski definition) is 17. The molecule has 0 saturated heterocycles. The summed E-state index contributed by atoms with van der Waals surface area (Å²) in [7, 11) is 3.68. The molecule has 0 bridgehead atoms. The van der Waals surface area contributed by atoms with E-state index in [4.69, 9.17) is 9.97 Å². The van der Waals surface area contributed by atoms with Gasteiger partial charge in [-0.25, -0.2) is 27.5 Å². The van der Waals surface area contributed by atoms with Crippen LogP contribution in [0.2, 0.25) is 0 Å². The highest BCUT2D eigenvalue weighted by molar-refractivity contribution is 5.96. The van der Waals surface area contributed by atoms with Gasteiger partial charge in [-0.15, -0.1) is 0 Å². The van der Waals surface area contributed by atoms with Gasteiger partial charge < -0.3 is 65.6 Å². The number of halogens is 4. The number of carboxylic acids is 1. The van der Waals surface area contributed by atoms with E-state index in [2.05, 4.69) is 26.6 Å². The number of hydrogen-bond donors (Lipinski definition) is 8. The zero-order valence-corrected chi connectivity index (χ0v) is 73.3. The van der Waals surface area contributed by atoms with Gasteiger partial charge in [0.05, 0.1) is 47.5 Å². The number of carboxylic acid groups (broad SMARTS) is 1. The molecule has 0 aliphatic heterocycles. The van der Waals surface area contributed by atoms with Crippen molar-refractivity contribution >= 4 is 64.4 Å². The zero-order chi connectivity index (χ0) is 90.2. The standard InChI is InChI=1S/C46H64F2N6O8.C46H65F2N5O6/c1-28(2)34(24-40(58)37(51-30(4)56)16-12-13-20-49-8)44(60)50-29(3)39(57)22-32(45(61)62)19-21-54(41(59)27-55)42(46(5,6)7)43-52-38(35-23-33(47)17-18-36(35)48)26-53(43)25-31-14-10-9-11-15-31;1-30(2)36(26-41(57)34(24-31(3)55)18-12-14-22-49-8)45(59)50-32(4)40(56)19-13-15-23-53(42(58)29-54)43(46(5,6)7)44-51-39(37-25-35(47)20-21-38(37)48)28-52(44)27-33-16-10-9-11-17-33/h9-11,14-15,17-18,23,26,28-29,32,34,37,42,49,55H,12-13,16,19-22,24-25,27H2,1-8H3,(H,50,60)(H,51,56)(H,61,62);9-11,16-17,20-21,25,28,30,32,34,36,43,49,54H,12-15,18-19,22-24,26-27,29H2,1-8H3,(H,50,59)/t29-,32+,34-,37-,42-;32-,34+,36-,43-/m00/s1. The average Bonchev–Trinajstić information content (AvgIpc) is 1.67. The lowest BCUT2D eigenvalue weighted by Crippen LogP contribution is -2.47. The first-order valence-corrected chi connectivity index (χ1v) is 42.0. The third kappa shape index (κ3) is 32.1. The van der Waals surface area contributed by atoms with Crippen molar-refractivity contribution in [2.45, 2.75) is 230 Å². The summed E-state index contributed by atoms with van der Waals surface area (Å²) in [5.41, 5.74) is 0.456. The number of nitrogens with one attached hydrogen (secondary N) is 5. The topological polar surface area (TPSA) is 351 Å². The number of unbranched alkanes of at least 4 members (excludes halogenated alkanes) is 3. The first-order chi connectivity index (χ1) is 57.0. The van der Waals surface area contributed by atoms with E-state index < -0.39 is 137 Å². The van der Waals surface area contributed by atoms with Crippen molar-refractivity contribution in [1.29, 1.82) is 0 Å². The Labute approximate surface area is 710 Å². The molecule has 0 spiro atoms. The van der Waals surface area contributed by atoms with Gasteiger partial charge in [0.1, 0.15) is 59.7 Å². The van der Waals surface area contributed by atoms with Crippen LogP contribution in [0.1, 0.15) is 222 Å². The van der Waals surface area contributed by atoms with E-state index in [1.165, 1.54) is 30.6 Å². The SMILES string of the molecule is CNCCCC[C@H](CC(C)=O)C(=O)C[C@H](C(=O)N[C@@H](C)C(=O)CCCCN(C(=O)CO)[C@@H](c1nc(-c2cc(F)ccc2F)cn1Cc1ccccc1)C(C)(C)C)C(C)C.CNCCCC[C@H](NC(C)=O)C(=O)C[C@H](C(=O)N[C@@H](C)C(=O)C[C@@H](CCN(C(=O)CO)[C@@H](c1nc(-c2cc(F)ccc2F)cn1Cc1ccccc1)C(C)(C)C)C(=O)O)C(C)C. The van der Waals surface area contributed by atoms with Crippen molar-refractivity contribution in [3.63, 3.8) is 0 Å². The van der Waals surface area contributed by atoms with Crippen LogP contribution in [0.15, 0.2) is 109 Å². The predicted octanol–water partition coefficient (Wildman–Crippen LogP) is 12.7. The number of ketones is 5. The number of rotatable bonds is 50. The molecule has 6 rings (SSSR count). The average molecular weight is 1690 g/mol. The molecule has 0 radical (unpaired) electrons. The molecular formula is C92H129F4N11O14. The lowest BCUT2D eigenvalue weighted by molar-refractivity contribution is -0.146. The van der Waals surface area contributed by atoms with E-state index in [0.29, 0.717) is 44.5 Å². The Morgan fingerprint density at radius 3 is 1.31 bits per heavy atom. The fourth-order valence-corrected chi connectivity index (χ4v) is 15.0. The van der Waals surface area contributed by atoms with Gasteiger partial charge in [-0.1, -0.05) is 136 Å². The lowest BCUT2D eigenvalue weighted by atomic mass is 9.83. The summed E-state index contributed by atoms with van der Waals surface area (Å²) in [6.07, 6.45) is 7.38. The smallest absolute Gasteiger partial charge is 0.307 e. The molecule has 0 fully saturated rings. The van der Waals surface area contributed by atoms with E-state index in [-0.39, 0.29) is 127 Å². The second-order valence-electron chi connectivity index (χ2n) is 34.4. The minimum Gasteiger partial charge on any atom is -0.481 e. The summed E-state index contributed by atoms with van der Waals surface area (Å²) in [4.78, 5) is 157. The fraction of sp³-hybridized carbons (Fsp3) is 0.554. The first-order valence-electron chi connectivity index (χ1n) is 42.0. The van der Waals surface area contributed by atoms with Gasteiger partial charge in [0.25, 0.3) is 0 Å². The number of imidazole rings is 2. The Hall–Kier alpha value is -9.97. The number of aliphatic hydroxyl groups is 2. The van der Waals surface area contributed by atoms with E-state index in [0.717, 1.165) is 79.9 Å². The van der Waals surface area contributed by atoms with E-state index in [9.17, 15) is 76.8 Å². The Bertz CT molecular complexity index is 4410. The van der Waals surface area contributed by atoms with Crippen LogP contribution in [0.5, 0.6) is 0 Å². The summed E-state index contributed by atoms with van der Waals surface area (Å²) in [5, 5.41) is 45.0. The molecular weight excluding hydrogens is 1560 g/mol. The van der Waals surface area contributed by atoms with Crippen molar-refractivity contribution in [3.05, 3.63) is 156 Å². The maximum Gasteiger partial charge on any atom is 0.307 e. The molecule has 25 nitrogen and oxygen atoms in total. The van der Waals surface area contributed by atoms with Crippen molar-refractivity contribution in [2.24, 2.45) is 46.3 Å². The Morgan fingerprint density at radius 2 is 0.909 bits per heavy atom. The minimum absolute atomic E-state index is 0.0136. The number of aliphatic carboxylic acids is 1. The summed E-state index contributed by atoms with van der Waals surface area (Å²) in [6.45, 7) is 24.7. The molecule has 6 aromatic rings. The van der Waals surface area contributed by atoms with Crippen molar-refractivity contribution < 1.29 is 85.6 Å². The van der Waals surface area contributed by atoms with Gasteiger partial charge in [0, 0.05) is 106 Å². The molecule has 8 N–H and O–H groups in total. The summed E-state index contributed by atoms with van der Waals surface area (Å²) in [5.74, 6) is -10.9. The quantitative estimate of drug-likeness (QED) is 0.0130. The van der Waals surface area contributed by atoms with Gasteiger partial charge >= 0.3 is 5.97 Å². The molecule has 0 aliphatic carbocycles. The van der Waals surface area contributed by atoms with Gasteiger partial charge in [-0.3, -0.25) is 47.9 Å². The lowest BCUT2D eigenvalue weighted by Gasteiger charge is -2.40. The van der Waals surface area contributed by atoms with E-state index in [1.807, 2.05) is 135 Å². The van der Waals surface area contributed by atoms with Gasteiger partial charge in [-0.05, 0) is 170 Å². The highest BCUT2D eigenvalue weighted by Crippen LogP contribution is 2.42. The van der Waals surface area contributed by atoms with Crippen LogP contribution in [0.3, 0.4) is 0 Å². The maximum absolute atomic E-state index is 15.1. The van der Waals surface area contributed by atoms with E-state index in [1.54, 1.807) is 37.7 Å². The molecule has 0 unspecified atom stereocenters. The predicted molar refractivity (Wildman–Crippen MR) is 456 cm³/mol. The molecule has 2 aromatic heterocycles. The highest BCUT2D eigenvalue weighted by Gasteiger charge is 2.42. The number of aromatic nitrogens is 4. The fourth-order valence-electron chi connectivity index (χ4n) is 15.0. The summed E-state index contributed by atoms with van der Waals surface area (Å²) < 4.78 is 62.4. The monoisotopic (exact) mass is 1690 g/mol. The van der Waals surface area contributed by atoms with Crippen molar-refractivity contribution in [2.75, 3.05) is 53.5 Å². The number of amides is 5. The van der Waals surface area contributed by atoms with Gasteiger partial charge in [0.15, 0.2) is 17.3 Å². The highest BCUT2D eigenvalue weighted by atomic mass is 19.1. The summed E-state index contributed by atoms with van der Waals surface area (Å²) in [6, 6.07) is 20.6. The molecule has 29 heteroatoms. The Kier molecular flexibility index (Phi) is 41.3. The number of nitrogens with zero attached hydrogens (tertiary/aromatic N) is 6. The van der Waals surface area contributed by atoms with Crippen LogP contribution >= 0.6 is 0 Å². The van der Waals surface area contributed by atoms with Crippen LogP contribution in [-0.2, 0) is 65.8 Å². The molecule has 664 valence electrons. The van der Waals surface area contributed by atoms with Crippen LogP contribution in [0, 0.1) is 69.6 Å². The normalized spacial score (nSPS) is 13.9. The van der Waals surface area contributed by atoms with Crippen LogP contribution in [0.25, 0.3) is 22.5 Å². The number of carbonyl (C=O) groups is 11. The maximum atomic E-state index is 15.1. The van der Waals surface area contributed by atoms with Crippen LogP contribution in [-0.4, -0.2) is 180 Å². The Morgan fingerprint density at radius 1 is 0.479 bits per heavy atom. The number of carbonyl (C=O) groups excluding carboxylic acids is 10. The van der Waals surface area contributed by atoms with Crippen LogP contribution in [0.4, 0.5) is 17.6 Å². The molecule has 0 saturated carbocycles. The molecule has 4 aromatic carbocycles. The largest absolute Gasteiger partial charge is 0.481 e. The van der Waals surface area contributed by atoms with E-state index >= 15 is 8.78 Å². The summed E-state index contributed by atoms with van der Waals surface area (Å²) >= 11 is 0. The second-order valence-corrected chi connectivity index (χ2v) is 34.4. The molecule has 121 heavy (non-hydrogen) atoms.